The monoisotopic (exact) mass is 130 g/mol. The minimum Gasteiger partial charge on any atom is -0.344 e. The quantitative estimate of drug-likeness (QED) is 0.524. The van der Waals surface area contributed by atoms with Gasteiger partial charge in [-0.15, -0.1) is 0 Å². The molecule has 0 aliphatic carbocycles. The van der Waals surface area contributed by atoms with Crippen molar-refractivity contribution in [2.75, 3.05) is 0 Å². The number of piperidine rings is 1. The van der Waals surface area contributed by atoms with Crippen LogP contribution in [0, 0.1) is 0 Å². The molecule has 1 heterocycles. The molecule has 1 aliphatic heterocycles. The summed E-state index contributed by atoms with van der Waals surface area (Å²) in [5.41, 5.74) is 0. The molecule has 2 atom stereocenters. The van der Waals surface area contributed by atoms with Crippen molar-refractivity contribution >= 4 is 0 Å². The first-order chi connectivity index (χ1) is 3.79. The molecule has 0 amide bonds. The molecule has 1 aliphatic rings. The summed E-state index contributed by atoms with van der Waals surface area (Å²) in [4.78, 5) is 0. The van der Waals surface area contributed by atoms with Gasteiger partial charge in [-0.25, -0.2) is 0 Å². The van der Waals surface area contributed by atoms with E-state index in [2.05, 4.69) is 19.2 Å². The van der Waals surface area contributed by atoms with Crippen molar-refractivity contribution in [2.45, 2.75) is 45.2 Å². The highest BCUT2D eigenvalue weighted by Crippen LogP contribution is 2.10. The van der Waals surface area contributed by atoms with Crippen LogP contribution in [0.3, 0.4) is 0 Å². The summed E-state index contributed by atoms with van der Waals surface area (Å²) in [6.45, 7) is 4.52. The smallest absolute Gasteiger partial charge is 0.00412 e. The second kappa shape index (κ2) is 3.85. The summed E-state index contributed by atoms with van der Waals surface area (Å²) in [6.07, 6.45) is 4.14. The molecular formula is C7H18N2. The van der Waals surface area contributed by atoms with E-state index in [1.807, 2.05) is 0 Å². The predicted octanol–water partition coefficient (Wildman–Crippen LogP) is 1.70. The lowest BCUT2D eigenvalue weighted by molar-refractivity contribution is 0.352. The van der Waals surface area contributed by atoms with E-state index in [9.17, 15) is 0 Å². The van der Waals surface area contributed by atoms with Gasteiger partial charge in [-0.2, -0.15) is 0 Å². The van der Waals surface area contributed by atoms with Gasteiger partial charge in [-0.05, 0) is 26.7 Å². The number of nitrogens with one attached hydrogen (secondary N) is 1. The molecule has 1 saturated heterocycles. The van der Waals surface area contributed by atoms with Gasteiger partial charge in [0.1, 0.15) is 0 Å². The van der Waals surface area contributed by atoms with Crippen LogP contribution in [0.5, 0.6) is 0 Å². The first-order valence-corrected chi connectivity index (χ1v) is 3.55. The maximum Gasteiger partial charge on any atom is 0.00412 e. The van der Waals surface area contributed by atoms with Gasteiger partial charge < -0.3 is 11.5 Å². The molecule has 2 heteroatoms. The standard InChI is InChI=1S/C7H15N.H3N/c1-6-4-3-5-7(2)8-6;/h6-8H,3-5H2,1-2H3;1H3. The molecule has 1 rings (SSSR count). The maximum absolute atomic E-state index is 3.48. The molecule has 9 heavy (non-hydrogen) atoms. The van der Waals surface area contributed by atoms with Gasteiger partial charge in [0.15, 0.2) is 0 Å². The van der Waals surface area contributed by atoms with Crippen LogP contribution in [0.4, 0.5) is 0 Å². The molecule has 2 nitrogen and oxygen atoms in total. The minimum absolute atomic E-state index is 0. The van der Waals surface area contributed by atoms with Gasteiger partial charge in [-0.3, -0.25) is 0 Å². The van der Waals surface area contributed by atoms with Crippen LogP contribution in [0.1, 0.15) is 33.1 Å². The number of hydrogen-bond donors (Lipinski definition) is 2. The first kappa shape index (κ1) is 8.92. The van der Waals surface area contributed by atoms with Crippen LogP contribution in [-0.2, 0) is 0 Å². The number of hydrogen-bond acceptors (Lipinski definition) is 2. The van der Waals surface area contributed by atoms with E-state index in [1.54, 1.807) is 0 Å². The third-order valence-electron chi connectivity index (χ3n) is 1.84. The third-order valence-corrected chi connectivity index (χ3v) is 1.84. The zero-order chi connectivity index (χ0) is 5.98. The second-order valence-electron chi connectivity index (χ2n) is 2.90. The van der Waals surface area contributed by atoms with Crippen molar-refractivity contribution in [3.63, 3.8) is 0 Å². The lowest BCUT2D eigenvalue weighted by Crippen LogP contribution is -2.38. The second-order valence-corrected chi connectivity index (χ2v) is 2.90. The molecule has 0 aromatic heterocycles. The van der Waals surface area contributed by atoms with Crippen LogP contribution in [0.25, 0.3) is 0 Å². The van der Waals surface area contributed by atoms with Gasteiger partial charge in [0.05, 0.1) is 0 Å². The van der Waals surface area contributed by atoms with E-state index in [0.29, 0.717) is 0 Å². The summed E-state index contributed by atoms with van der Waals surface area (Å²) < 4.78 is 0. The van der Waals surface area contributed by atoms with Crippen molar-refractivity contribution in [1.82, 2.24) is 11.5 Å². The summed E-state index contributed by atoms with van der Waals surface area (Å²) in [7, 11) is 0. The van der Waals surface area contributed by atoms with Crippen molar-refractivity contribution in [3.8, 4) is 0 Å². The van der Waals surface area contributed by atoms with Crippen LogP contribution in [-0.4, -0.2) is 12.1 Å². The summed E-state index contributed by atoms with van der Waals surface area (Å²) >= 11 is 0. The predicted molar refractivity (Wildman–Crippen MR) is 40.9 cm³/mol. The lowest BCUT2D eigenvalue weighted by atomic mass is 10.0. The topological polar surface area (TPSA) is 47.0 Å². The normalized spacial score (nSPS) is 35.3. The highest BCUT2D eigenvalue weighted by molar-refractivity contribution is 4.73. The fourth-order valence-electron chi connectivity index (χ4n) is 1.38. The Morgan fingerprint density at radius 3 is 1.78 bits per heavy atom. The largest absolute Gasteiger partial charge is 0.344 e. The van der Waals surface area contributed by atoms with Crippen LogP contribution >= 0.6 is 0 Å². The average Bonchev–Trinajstić information content (AvgIpc) is 1.64. The van der Waals surface area contributed by atoms with Gasteiger partial charge in [-0.1, -0.05) is 6.42 Å². The molecule has 1 fully saturated rings. The summed E-state index contributed by atoms with van der Waals surface area (Å²) in [6, 6.07) is 1.53. The minimum atomic E-state index is 0. The molecule has 0 saturated carbocycles. The molecule has 0 spiro atoms. The highest BCUT2D eigenvalue weighted by atomic mass is 14.9. The molecule has 0 bridgehead atoms. The van der Waals surface area contributed by atoms with E-state index in [4.69, 9.17) is 0 Å². The Hall–Kier alpha value is -0.0800. The number of rotatable bonds is 0. The van der Waals surface area contributed by atoms with Crippen molar-refractivity contribution in [3.05, 3.63) is 0 Å². The fourth-order valence-corrected chi connectivity index (χ4v) is 1.38. The summed E-state index contributed by atoms with van der Waals surface area (Å²) in [5.74, 6) is 0. The molecule has 2 unspecified atom stereocenters. The van der Waals surface area contributed by atoms with E-state index in [-0.39, 0.29) is 6.15 Å². The molecule has 0 aromatic carbocycles. The zero-order valence-electron chi connectivity index (χ0n) is 6.48. The van der Waals surface area contributed by atoms with E-state index in [0.717, 1.165) is 12.1 Å². The van der Waals surface area contributed by atoms with E-state index >= 15 is 0 Å². The molecule has 0 radical (unpaired) electrons. The van der Waals surface area contributed by atoms with E-state index in [1.165, 1.54) is 19.3 Å². The Bertz CT molecular complexity index is 65.3. The SMILES string of the molecule is CC1CCCC(C)N1.N. The fraction of sp³-hybridized carbons (Fsp3) is 1.00. The van der Waals surface area contributed by atoms with E-state index < -0.39 is 0 Å². The van der Waals surface area contributed by atoms with Crippen LogP contribution in [0.2, 0.25) is 0 Å². The van der Waals surface area contributed by atoms with Gasteiger partial charge in [0, 0.05) is 12.1 Å². The van der Waals surface area contributed by atoms with Crippen molar-refractivity contribution in [2.24, 2.45) is 0 Å². The maximum atomic E-state index is 3.48. The molecular weight excluding hydrogens is 112 g/mol. The van der Waals surface area contributed by atoms with Crippen molar-refractivity contribution < 1.29 is 0 Å². The average molecular weight is 130 g/mol. The lowest BCUT2D eigenvalue weighted by Gasteiger charge is -2.25. The Kier molecular flexibility index (Phi) is 3.82. The van der Waals surface area contributed by atoms with Gasteiger partial charge in [0.2, 0.25) is 0 Å². The Balaban J connectivity index is 0.000000640. The first-order valence-electron chi connectivity index (χ1n) is 3.55. The zero-order valence-corrected chi connectivity index (χ0v) is 6.48. The molecule has 56 valence electrons. The Morgan fingerprint density at radius 1 is 1.11 bits per heavy atom. The Morgan fingerprint density at radius 2 is 1.56 bits per heavy atom. The third kappa shape index (κ3) is 2.82. The van der Waals surface area contributed by atoms with Gasteiger partial charge >= 0.3 is 0 Å². The molecule has 4 N–H and O–H groups in total. The molecule has 0 aromatic rings. The van der Waals surface area contributed by atoms with Crippen molar-refractivity contribution in [1.29, 1.82) is 0 Å². The van der Waals surface area contributed by atoms with Crippen LogP contribution in [0.15, 0.2) is 0 Å². The Labute approximate surface area is 57.6 Å². The van der Waals surface area contributed by atoms with Crippen LogP contribution < -0.4 is 11.5 Å². The highest BCUT2D eigenvalue weighted by Gasteiger charge is 2.11. The summed E-state index contributed by atoms with van der Waals surface area (Å²) in [5, 5.41) is 3.48. The van der Waals surface area contributed by atoms with Gasteiger partial charge in [0.25, 0.3) is 0 Å².